The van der Waals surface area contributed by atoms with Crippen LogP contribution < -0.4 is 20.4 Å². The molecular weight excluding hydrogens is 519 g/mol. The first kappa shape index (κ1) is 27.7. The highest BCUT2D eigenvalue weighted by Gasteiger charge is 2.22. The van der Waals surface area contributed by atoms with E-state index in [2.05, 4.69) is 26.6 Å². The fourth-order valence-electron chi connectivity index (χ4n) is 4.35. The molecule has 0 aliphatic carbocycles. The molecule has 0 aliphatic heterocycles. The van der Waals surface area contributed by atoms with E-state index < -0.39 is 0 Å². The third-order valence-corrected chi connectivity index (χ3v) is 7.05. The number of rotatable bonds is 12. The predicted octanol–water partition coefficient (Wildman–Crippen LogP) is 6.37. The Hall–Kier alpha value is -3.32. The van der Waals surface area contributed by atoms with Crippen molar-refractivity contribution >= 4 is 52.3 Å². The molecule has 0 radical (unpaired) electrons. The minimum Gasteiger partial charge on any atom is -0.457 e. The van der Waals surface area contributed by atoms with Crippen LogP contribution in [0, 0.1) is 0 Å². The SMILES string of the molecule is C[n+]1c(/C=C/c2ccc(Oc3ccccc3)cc2)n(CCCCCC(=O)NCCN)c2cc(Cl)c(Cl)cc21. The second-order valence-electron chi connectivity index (χ2n) is 9.09. The van der Waals surface area contributed by atoms with E-state index in [1.54, 1.807) is 0 Å². The summed E-state index contributed by atoms with van der Waals surface area (Å²) in [5, 5.41) is 3.88. The number of nitrogens with two attached hydrogens (primary N) is 1. The van der Waals surface area contributed by atoms with Crippen LogP contribution >= 0.6 is 23.2 Å². The van der Waals surface area contributed by atoms with Crippen molar-refractivity contribution in [2.45, 2.75) is 32.2 Å². The van der Waals surface area contributed by atoms with E-state index >= 15 is 0 Å². The Labute approximate surface area is 233 Å². The van der Waals surface area contributed by atoms with Gasteiger partial charge in [0.2, 0.25) is 5.91 Å². The molecule has 0 fully saturated rings. The van der Waals surface area contributed by atoms with E-state index in [1.165, 1.54) is 0 Å². The number of ether oxygens (including phenoxy) is 1. The van der Waals surface area contributed by atoms with E-state index in [-0.39, 0.29) is 5.91 Å². The van der Waals surface area contributed by atoms with Crippen molar-refractivity contribution in [1.82, 2.24) is 9.88 Å². The largest absolute Gasteiger partial charge is 0.457 e. The van der Waals surface area contributed by atoms with Crippen molar-refractivity contribution < 1.29 is 14.1 Å². The number of hydrogen-bond donors (Lipinski definition) is 2. The molecule has 0 unspecified atom stereocenters. The molecule has 1 heterocycles. The maximum Gasteiger partial charge on any atom is 0.282 e. The highest BCUT2D eigenvalue weighted by atomic mass is 35.5. The number of benzene rings is 3. The summed E-state index contributed by atoms with van der Waals surface area (Å²) in [6, 6.07) is 21.6. The zero-order valence-electron chi connectivity index (χ0n) is 21.5. The van der Waals surface area contributed by atoms with E-state index in [4.69, 9.17) is 33.7 Å². The topological polar surface area (TPSA) is 73.2 Å². The zero-order valence-corrected chi connectivity index (χ0v) is 23.0. The average molecular weight is 553 g/mol. The molecule has 4 rings (SSSR count). The van der Waals surface area contributed by atoms with Crippen LogP contribution in [0.15, 0.2) is 66.7 Å². The van der Waals surface area contributed by atoms with Crippen molar-refractivity contribution in [3.8, 4) is 11.5 Å². The first-order valence-electron chi connectivity index (χ1n) is 12.8. The summed E-state index contributed by atoms with van der Waals surface area (Å²) in [5.41, 5.74) is 8.53. The summed E-state index contributed by atoms with van der Waals surface area (Å²) < 4.78 is 10.3. The maximum atomic E-state index is 11.8. The number of aromatic nitrogens is 2. The van der Waals surface area contributed by atoms with Gasteiger partial charge in [0.1, 0.15) is 11.5 Å². The summed E-state index contributed by atoms with van der Waals surface area (Å²) in [4.78, 5) is 11.8. The Bertz CT molecular complexity index is 1400. The van der Waals surface area contributed by atoms with Crippen LogP contribution in [0.25, 0.3) is 23.2 Å². The normalized spacial score (nSPS) is 11.4. The number of amides is 1. The molecule has 0 saturated heterocycles. The molecule has 38 heavy (non-hydrogen) atoms. The highest BCUT2D eigenvalue weighted by molar-refractivity contribution is 6.42. The van der Waals surface area contributed by atoms with Crippen LogP contribution in [-0.4, -0.2) is 23.6 Å². The van der Waals surface area contributed by atoms with Gasteiger partial charge in [0.15, 0.2) is 11.0 Å². The number of carbonyl (C=O) groups is 1. The monoisotopic (exact) mass is 551 g/mol. The summed E-state index contributed by atoms with van der Waals surface area (Å²) in [6.07, 6.45) is 7.40. The summed E-state index contributed by atoms with van der Waals surface area (Å²) in [5.74, 6) is 2.68. The third-order valence-electron chi connectivity index (χ3n) is 6.33. The second kappa shape index (κ2) is 13.5. The molecule has 1 amide bonds. The first-order valence-corrected chi connectivity index (χ1v) is 13.6. The lowest BCUT2D eigenvalue weighted by molar-refractivity contribution is -0.647. The lowest BCUT2D eigenvalue weighted by atomic mass is 10.2. The van der Waals surface area contributed by atoms with Gasteiger partial charge in [-0.15, -0.1) is 0 Å². The Balaban J connectivity index is 1.49. The molecule has 198 valence electrons. The Morgan fingerprint density at radius 2 is 1.68 bits per heavy atom. The molecule has 8 heteroatoms. The number of nitrogens with zero attached hydrogens (tertiary/aromatic N) is 2. The molecule has 6 nitrogen and oxygen atoms in total. The van der Waals surface area contributed by atoms with Crippen molar-refractivity contribution in [2.24, 2.45) is 12.8 Å². The second-order valence-corrected chi connectivity index (χ2v) is 9.91. The summed E-state index contributed by atoms with van der Waals surface area (Å²) in [6.45, 7) is 1.77. The van der Waals surface area contributed by atoms with Gasteiger partial charge in [-0.2, -0.15) is 0 Å². The molecule has 1 aromatic heterocycles. The molecule has 3 aromatic carbocycles. The molecule has 0 spiro atoms. The highest BCUT2D eigenvalue weighted by Crippen LogP contribution is 2.28. The Morgan fingerprint density at radius 1 is 0.974 bits per heavy atom. The molecule has 0 bridgehead atoms. The van der Waals surface area contributed by atoms with Crippen LogP contribution in [0.3, 0.4) is 0 Å². The van der Waals surface area contributed by atoms with Crippen molar-refractivity contribution in [1.29, 1.82) is 0 Å². The van der Waals surface area contributed by atoms with Gasteiger partial charge in [-0.1, -0.05) is 53.5 Å². The van der Waals surface area contributed by atoms with E-state index in [0.717, 1.165) is 59.7 Å². The quantitative estimate of drug-likeness (QED) is 0.159. The smallest absolute Gasteiger partial charge is 0.282 e. The molecular formula is C30H33Cl2N4O2+. The van der Waals surface area contributed by atoms with Gasteiger partial charge >= 0.3 is 0 Å². The fraction of sp³-hybridized carbons (Fsp3) is 0.267. The summed E-state index contributed by atoms with van der Waals surface area (Å²) in [7, 11) is 2.03. The van der Waals surface area contributed by atoms with Gasteiger partial charge < -0.3 is 15.8 Å². The number of carbonyl (C=O) groups excluding carboxylic acids is 1. The summed E-state index contributed by atoms with van der Waals surface area (Å²) >= 11 is 12.7. The number of para-hydroxylation sites is 1. The predicted molar refractivity (Wildman–Crippen MR) is 156 cm³/mol. The maximum absolute atomic E-state index is 11.8. The van der Waals surface area contributed by atoms with E-state index in [0.29, 0.717) is 29.6 Å². The Morgan fingerprint density at radius 3 is 2.42 bits per heavy atom. The number of hydrogen-bond acceptors (Lipinski definition) is 3. The standard InChI is InChI=1S/C30H32Cl2N4O2/c1-35-27-20-25(31)26(32)21-28(27)36(19-7-3-6-10-29(37)34-18-17-33)30(35)16-13-22-11-14-24(15-12-22)38-23-8-4-2-5-9-23/h2,4-5,8-9,11-16,20-21H,3,6-7,10,17-19,33H2,1H3/p+1/b16-13+. The lowest BCUT2D eigenvalue weighted by Crippen LogP contribution is -2.31. The van der Waals surface area contributed by atoms with Crippen LogP contribution in [0.5, 0.6) is 11.5 Å². The number of unbranched alkanes of at least 4 members (excludes halogenated alkanes) is 2. The van der Waals surface area contributed by atoms with Gasteiger partial charge in [-0.25, -0.2) is 9.13 Å². The first-order chi connectivity index (χ1) is 18.5. The van der Waals surface area contributed by atoms with Gasteiger partial charge in [0.25, 0.3) is 5.82 Å². The van der Waals surface area contributed by atoms with Crippen molar-refractivity contribution in [2.75, 3.05) is 13.1 Å². The van der Waals surface area contributed by atoms with Crippen molar-refractivity contribution in [3.05, 3.63) is 88.2 Å². The van der Waals surface area contributed by atoms with Gasteiger partial charge in [-0.05, 0) is 55.2 Å². The van der Waals surface area contributed by atoms with Crippen LogP contribution in [0.4, 0.5) is 0 Å². The molecule has 0 aliphatic rings. The van der Waals surface area contributed by atoms with Gasteiger partial charge in [0, 0.05) is 37.7 Å². The molecule has 4 aromatic rings. The lowest BCUT2D eigenvalue weighted by Gasteiger charge is -2.05. The van der Waals surface area contributed by atoms with E-state index in [9.17, 15) is 4.79 Å². The minimum atomic E-state index is 0.0542. The fourth-order valence-corrected chi connectivity index (χ4v) is 4.67. The zero-order chi connectivity index (χ0) is 26.9. The number of imidazole rings is 1. The third kappa shape index (κ3) is 7.16. The molecule has 0 atom stereocenters. The number of nitrogens with one attached hydrogen (secondary N) is 1. The minimum absolute atomic E-state index is 0.0542. The molecule has 0 saturated carbocycles. The average Bonchev–Trinajstić information content (AvgIpc) is 3.17. The van der Waals surface area contributed by atoms with E-state index in [1.807, 2.05) is 73.8 Å². The van der Waals surface area contributed by atoms with Crippen LogP contribution in [-0.2, 0) is 18.4 Å². The Kier molecular flexibility index (Phi) is 9.82. The number of aryl methyl sites for hydroxylation is 2. The van der Waals surface area contributed by atoms with Crippen LogP contribution in [0.2, 0.25) is 10.0 Å². The van der Waals surface area contributed by atoms with Gasteiger partial charge in [-0.3, -0.25) is 4.79 Å². The molecule has 3 N–H and O–H groups in total. The van der Waals surface area contributed by atoms with Crippen LogP contribution in [0.1, 0.15) is 37.1 Å². The van der Waals surface area contributed by atoms with Crippen molar-refractivity contribution in [3.63, 3.8) is 0 Å². The number of fused-ring (bicyclic) bond motifs is 1. The number of halogens is 2. The van der Waals surface area contributed by atoms with Gasteiger partial charge in [0.05, 0.1) is 23.6 Å².